The molecule has 1 aromatic heterocycles. The fraction of sp³-hybridized carbons (Fsp3) is 0.105. The third-order valence-corrected chi connectivity index (χ3v) is 3.82. The second kappa shape index (κ2) is 7.55. The van der Waals surface area contributed by atoms with Crippen molar-refractivity contribution >= 4 is 18.0 Å². The van der Waals surface area contributed by atoms with Gasteiger partial charge in [-0.3, -0.25) is 0 Å². The van der Waals surface area contributed by atoms with E-state index in [0.717, 1.165) is 16.7 Å². The molecular weight excluding hydrogens is 318 g/mol. The van der Waals surface area contributed by atoms with Crippen molar-refractivity contribution in [3.63, 3.8) is 0 Å². The summed E-state index contributed by atoms with van der Waals surface area (Å²) in [5, 5.41) is 20.1. The molecule has 3 aromatic rings. The van der Waals surface area contributed by atoms with Crippen molar-refractivity contribution in [1.29, 1.82) is 0 Å². The smallest absolute Gasteiger partial charge is 0.343 e. The van der Waals surface area contributed by atoms with Gasteiger partial charge < -0.3 is 15.2 Å². The zero-order chi connectivity index (χ0) is 17.6. The van der Waals surface area contributed by atoms with Crippen LogP contribution in [0.3, 0.4) is 0 Å². The van der Waals surface area contributed by atoms with E-state index in [9.17, 15) is 10.1 Å². The number of aliphatic hydroxyl groups is 1. The van der Waals surface area contributed by atoms with Gasteiger partial charge in [0.15, 0.2) is 0 Å². The average Bonchev–Trinajstić information content (AvgIpc) is 3.04. The van der Waals surface area contributed by atoms with E-state index >= 15 is 0 Å². The molecule has 0 unspecified atom stereocenters. The van der Waals surface area contributed by atoms with Crippen molar-refractivity contribution in [2.75, 3.05) is 6.61 Å². The summed E-state index contributed by atoms with van der Waals surface area (Å²) < 4.78 is 1.38. The Morgan fingerprint density at radius 3 is 2.36 bits per heavy atom. The minimum absolute atomic E-state index is 0.128. The molecule has 0 aliphatic heterocycles. The van der Waals surface area contributed by atoms with Crippen LogP contribution in [0.15, 0.2) is 60.8 Å². The summed E-state index contributed by atoms with van der Waals surface area (Å²) in [6.45, 7) is -0.0628. The molecule has 1 heterocycles. The number of imidazole rings is 1. The largest absolute Gasteiger partial charge is 0.392 e. The van der Waals surface area contributed by atoms with Gasteiger partial charge in [-0.2, -0.15) is 0 Å². The number of aliphatic hydroxyl groups excluding tert-OH is 1. The highest BCUT2D eigenvalue weighted by atomic mass is 16.6. The van der Waals surface area contributed by atoms with Crippen LogP contribution in [0.1, 0.15) is 11.4 Å². The van der Waals surface area contributed by atoms with E-state index in [1.807, 2.05) is 48.5 Å². The standard InChI is InChI=1S/C19H17N3O3/c23-13-12-21-18(20-14-19(21)22(24)25)11-8-15-6-9-17(10-7-15)16-4-2-1-3-5-16/h1-11,14,23H,12-13H2. The van der Waals surface area contributed by atoms with Gasteiger partial charge in [-0.15, -0.1) is 0 Å². The van der Waals surface area contributed by atoms with Crippen LogP contribution in [0.25, 0.3) is 23.3 Å². The van der Waals surface area contributed by atoms with E-state index in [-0.39, 0.29) is 19.0 Å². The molecule has 126 valence electrons. The molecule has 6 nitrogen and oxygen atoms in total. The first-order valence-electron chi connectivity index (χ1n) is 7.83. The summed E-state index contributed by atoms with van der Waals surface area (Å²) in [4.78, 5) is 14.5. The van der Waals surface area contributed by atoms with Gasteiger partial charge in [0.2, 0.25) is 5.82 Å². The molecule has 3 rings (SSSR count). The van der Waals surface area contributed by atoms with E-state index in [2.05, 4.69) is 17.1 Å². The predicted molar refractivity (Wildman–Crippen MR) is 96.8 cm³/mol. The molecule has 0 atom stereocenters. The van der Waals surface area contributed by atoms with Crippen molar-refractivity contribution in [2.45, 2.75) is 6.54 Å². The Balaban J connectivity index is 1.82. The van der Waals surface area contributed by atoms with Gasteiger partial charge in [-0.05, 0) is 27.7 Å². The summed E-state index contributed by atoms with van der Waals surface area (Å²) in [5.41, 5.74) is 3.23. The SMILES string of the molecule is O=[N+]([O-])c1cnc(C=Cc2ccc(-c3ccccc3)cc2)n1CCO. The molecule has 0 saturated carbocycles. The molecular formula is C19H17N3O3. The summed E-state index contributed by atoms with van der Waals surface area (Å²) in [6, 6.07) is 18.1. The molecule has 25 heavy (non-hydrogen) atoms. The van der Waals surface area contributed by atoms with Crippen molar-refractivity contribution < 1.29 is 10.0 Å². The third kappa shape index (κ3) is 3.81. The second-order valence-corrected chi connectivity index (χ2v) is 5.43. The lowest BCUT2D eigenvalue weighted by molar-refractivity contribution is -0.392. The molecule has 0 aliphatic rings. The average molecular weight is 335 g/mol. The number of benzene rings is 2. The molecule has 0 saturated heterocycles. The summed E-state index contributed by atoms with van der Waals surface area (Å²) in [7, 11) is 0. The number of nitro groups is 1. The van der Waals surface area contributed by atoms with Gasteiger partial charge in [-0.1, -0.05) is 54.6 Å². The zero-order valence-electron chi connectivity index (χ0n) is 13.4. The molecule has 0 radical (unpaired) electrons. The van der Waals surface area contributed by atoms with Crippen molar-refractivity contribution in [2.24, 2.45) is 0 Å². The van der Waals surface area contributed by atoms with Crippen LogP contribution in [-0.4, -0.2) is 26.2 Å². The first-order chi connectivity index (χ1) is 12.2. The van der Waals surface area contributed by atoms with Gasteiger partial charge >= 0.3 is 5.82 Å². The number of aromatic nitrogens is 2. The van der Waals surface area contributed by atoms with Gasteiger partial charge in [0.05, 0.1) is 6.61 Å². The van der Waals surface area contributed by atoms with Crippen LogP contribution >= 0.6 is 0 Å². The molecule has 0 amide bonds. The van der Waals surface area contributed by atoms with Gasteiger partial charge in [-0.25, -0.2) is 9.55 Å². The Morgan fingerprint density at radius 1 is 1.04 bits per heavy atom. The van der Waals surface area contributed by atoms with Crippen molar-refractivity contribution in [3.05, 3.63) is 82.3 Å². The minimum atomic E-state index is -0.505. The molecule has 0 aliphatic carbocycles. The van der Waals surface area contributed by atoms with Gasteiger partial charge in [0.25, 0.3) is 0 Å². The number of nitrogens with zero attached hydrogens (tertiary/aromatic N) is 3. The summed E-state index contributed by atoms with van der Waals surface area (Å²) in [5.74, 6) is 0.306. The van der Waals surface area contributed by atoms with Crippen LogP contribution in [0.5, 0.6) is 0 Å². The molecule has 6 heteroatoms. The van der Waals surface area contributed by atoms with Crippen LogP contribution in [-0.2, 0) is 6.54 Å². The molecule has 1 N–H and O–H groups in total. The number of rotatable bonds is 6. The van der Waals surface area contributed by atoms with Crippen LogP contribution in [0, 0.1) is 10.1 Å². The highest BCUT2D eigenvalue weighted by Crippen LogP contribution is 2.21. The van der Waals surface area contributed by atoms with E-state index < -0.39 is 4.92 Å². The topological polar surface area (TPSA) is 81.2 Å². The fourth-order valence-electron chi connectivity index (χ4n) is 2.58. The Labute approximate surface area is 144 Å². The predicted octanol–water partition coefficient (Wildman–Crippen LogP) is 3.62. The fourth-order valence-corrected chi connectivity index (χ4v) is 2.58. The van der Waals surface area contributed by atoms with Gasteiger partial charge in [0.1, 0.15) is 12.7 Å². The Morgan fingerprint density at radius 2 is 1.72 bits per heavy atom. The van der Waals surface area contributed by atoms with E-state index in [4.69, 9.17) is 5.11 Å². The van der Waals surface area contributed by atoms with E-state index in [1.54, 1.807) is 6.08 Å². The third-order valence-electron chi connectivity index (χ3n) is 3.82. The first kappa shape index (κ1) is 16.6. The summed E-state index contributed by atoms with van der Waals surface area (Å²) in [6.07, 6.45) is 4.75. The van der Waals surface area contributed by atoms with Crippen LogP contribution in [0.4, 0.5) is 5.82 Å². The highest BCUT2D eigenvalue weighted by Gasteiger charge is 2.17. The van der Waals surface area contributed by atoms with E-state index in [0.29, 0.717) is 5.82 Å². The van der Waals surface area contributed by atoms with Crippen LogP contribution < -0.4 is 0 Å². The maximum atomic E-state index is 11.0. The Bertz CT molecular complexity index is 884. The Kier molecular flexibility index (Phi) is 5.01. The van der Waals surface area contributed by atoms with Crippen LogP contribution in [0.2, 0.25) is 0 Å². The van der Waals surface area contributed by atoms with Crippen molar-refractivity contribution in [3.8, 4) is 11.1 Å². The summed E-state index contributed by atoms with van der Waals surface area (Å²) >= 11 is 0. The lowest BCUT2D eigenvalue weighted by atomic mass is 10.0. The number of hydrogen-bond acceptors (Lipinski definition) is 4. The maximum Gasteiger partial charge on any atom is 0.343 e. The van der Waals surface area contributed by atoms with Gasteiger partial charge in [0, 0.05) is 6.08 Å². The normalized spacial score (nSPS) is 11.1. The molecule has 0 fully saturated rings. The minimum Gasteiger partial charge on any atom is -0.392 e. The number of hydrogen-bond donors (Lipinski definition) is 1. The molecule has 0 bridgehead atoms. The molecule has 0 spiro atoms. The highest BCUT2D eigenvalue weighted by molar-refractivity contribution is 5.70. The maximum absolute atomic E-state index is 11.0. The van der Waals surface area contributed by atoms with Crippen molar-refractivity contribution in [1.82, 2.24) is 9.55 Å². The first-order valence-corrected chi connectivity index (χ1v) is 7.83. The Hall–Kier alpha value is -3.25. The molecule has 2 aromatic carbocycles. The quantitative estimate of drug-likeness (QED) is 0.551. The monoisotopic (exact) mass is 335 g/mol. The lowest BCUT2D eigenvalue weighted by Gasteiger charge is -2.02. The van der Waals surface area contributed by atoms with E-state index in [1.165, 1.54) is 10.8 Å². The zero-order valence-corrected chi connectivity index (χ0v) is 13.4. The second-order valence-electron chi connectivity index (χ2n) is 5.43. The lowest BCUT2D eigenvalue weighted by Crippen LogP contribution is -2.07.